The van der Waals surface area contributed by atoms with E-state index in [9.17, 15) is 19.0 Å². The molecule has 3 N–H and O–H groups in total. The average molecular weight is 622 g/mol. The molecule has 0 aliphatic carbocycles. The maximum atomic E-state index is 12.4. The summed E-state index contributed by atoms with van der Waals surface area (Å²) in [6.45, 7) is 3.69. The number of esters is 2. The van der Waals surface area contributed by atoms with Gasteiger partial charge in [0.2, 0.25) is 0 Å². The molecule has 0 aromatic heterocycles. The van der Waals surface area contributed by atoms with Crippen LogP contribution in [0.5, 0.6) is 0 Å². The molecule has 0 radical (unpaired) electrons. The van der Waals surface area contributed by atoms with E-state index < -0.39 is 26.5 Å². The van der Waals surface area contributed by atoms with Gasteiger partial charge in [0.05, 0.1) is 13.2 Å². The third kappa shape index (κ3) is 29.1. The molecule has 9 nitrogen and oxygen atoms in total. The highest BCUT2D eigenvalue weighted by molar-refractivity contribution is 7.47. The van der Waals surface area contributed by atoms with Crippen LogP contribution in [0.1, 0.15) is 162 Å². The van der Waals surface area contributed by atoms with E-state index in [4.69, 9.17) is 24.3 Å². The van der Waals surface area contributed by atoms with Gasteiger partial charge in [-0.1, -0.05) is 136 Å². The van der Waals surface area contributed by atoms with E-state index in [1.807, 2.05) is 0 Å². The number of ether oxygens (including phenoxy) is 2. The average Bonchev–Trinajstić information content (AvgIpc) is 2.97. The molecule has 0 aromatic carbocycles. The Bertz CT molecular complexity index is 679. The Morgan fingerprint density at radius 3 is 1.45 bits per heavy atom. The number of hydrogen-bond donors (Lipinski definition) is 2. The minimum Gasteiger partial charge on any atom is -0.462 e. The highest BCUT2D eigenvalue weighted by atomic mass is 31.2. The van der Waals surface area contributed by atoms with Gasteiger partial charge in [0, 0.05) is 19.4 Å². The topological polar surface area (TPSA) is 134 Å². The van der Waals surface area contributed by atoms with E-state index >= 15 is 0 Å². The van der Waals surface area contributed by atoms with Crippen molar-refractivity contribution in [3.8, 4) is 0 Å². The third-order valence-electron chi connectivity index (χ3n) is 7.24. The quantitative estimate of drug-likeness (QED) is 0.0430. The fourth-order valence-electron chi connectivity index (χ4n) is 4.69. The lowest BCUT2D eigenvalue weighted by atomic mass is 10.0. The summed E-state index contributed by atoms with van der Waals surface area (Å²) in [7, 11) is -4.35. The molecule has 0 saturated heterocycles. The van der Waals surface area contributed by atoms with Crippen molar-refractivity contribution < 1.29 is 37.6 Å². The Morgan fingerprint density at radius 1 is 0.619 bits per heavy atom. The molecule has 2 unspecified atom stereocenters. The second-order valence-corrected chi connectivity index (χ2v) is 12.9. The Labute approximate surface area is 257 Å². The van der Waals surface area contributed by atoms with Crippen molar-refractivity contribution in [2.75, 3.05) is 26.4 Å². The van der Waals surface area contributed by atoms with Gasteiger partial charge in [-0.3, -0.25) is 18.6 Å². The lowest BCUT2D eigenvalue weighted by Crippen LogP contribution is -2.29. The van der Waals surface area contributed by atoms with Crippen LogP contribution < -0.4 is 5.73 Å². The number of carbonyl (C=O) groups excluding carboxylic acids is 2. The first-order valence-corrected chi connectivity index (χ1v) is 18.5. The summed E-state index contributed by atoms with van der Waals surface area (Å²) in [5, 5.41) is 0. The van der Waals surface area contributed by atoms with Crippen LogP contribution in [0.3, 0.4) is 0 Å². The minimum absolute atomic E-state index is 0.0574. The second-order valence-electron chi connectivity index (χ2n) is 11.4. The number of rotatable bonds is 32. The standard InChI is InChI=1S/C32H64NO8P/c1-3-5-7-9-11-13-14-15-17-19-21-23-25-32(35)41-30(29-40-42(36,37)39-27-26-33)28-38-31(34)24-22-20-18-16-12-10-8-6-4-2/h30H,3-29,33H2,1-2H3,(H,36,37). The van der Waals surface area contributed by atoms with Gasteiger partial charge in [0.25, 0.3) is 0 Å². The number of phosphoric acid groups is 1. The van der Waals surface area contributed by atoms with E-state index in [2.05, 4.69) is 13.8 Å². The molecule has 0 saturated carbocycles. The molecule has 0 bridgehead atoms. The second kappa shape index (κ2) is 30.1. The number of unbranched alkanes of at least 4 members (excludes halogenated alkanes) is 19. The molecular formula is C32H64NO8P. The van der Waals surface area contributed by atoms with Crippen LogP contribution in [0.25, 0.3) is 0 Å². The zero-order chi connectivity index (χ0) is 31.2. The van der Waals surface area contributed by atoms with Gasteiger partial charge < -0.3 is 20.1 Å². The summed E-state index contributed by atoms with van der Waals surface area (Å²) in [5.41, 5.74) is 5.31. The van der Waals surface area contributed by atoms with E-state index in [0.29, 0.717) is 6.42 Å². The van der Waals surface area contributed by atoms with Crippen molar-refractivity contribution in [2.45, 2.75) is 168 Å². The van der Waals surface area contributed by atoms with Crippen LogP contribution in [0.15, 0.2) is 0 Å². The SMILES string of the molecule is CCCCCCCCCCCCCCC(=O)OC(COC(=O)CCCCCCCCCCC)COP(=O)(O)OCCN. The Hall–Kier alpha value is -0.990. The van der Waals surface area contributed by atoms with Gasteiger partial charge in [-0.2, -0.15) is 0 Å². The molecule has 0 rings (SSSR count). The zero-order valence-electron chi connectivity index (χ0n) is 27.0. The summed E-state index contributed by atoms with van der Waals surface area (Å²) < 4.78 is 32.5. The molecule has 42 heavy (non-hydrogen) atoms. The molecule has 0 spiro atoms. The maximum Gasteiger partial charge on any atom is 0.472 e. The molecule has 250 valence electrons. The number of phosphoric ester groups is 1. The number of carbonyl (C=O) groups is 2. The lowest BCUT2D eigenvalue weighted by Gasteiger charge is -2.19. The van der Waals surface area contributed by atoms with E-state index in [1.165, 1.54) is 96.3 Å². The van der Waals surface area contributed by atoms with Crippen molar-refractivity contribution in [1.82, 2.24) is 0 Å². The van der Waals surface area contributed by atoms with Gasteiger partial charge in [-0.05, 0) is 12.8 Å². The van der Waals surface area contributed by atoms with Crippen LogP contribution in [0.2, 0.25) is 0 Å². The van der Waals surface area contributed by atoms with Gasteiger partial charge in [-0.25, -0.2) is 4.57 Å². The summed E-state index contributed by atoms with van der Waals surface area (Å²) >= 11 is 0. The minimum atomic E-state index is -4.35. The predicted octanol–water partition coefficient (Wildman–Crippen LogP) is 8.55. The van der Waals surface area contributed by atoms with Crippen LogP contribution >= 0.6 is 7.82 Å². The lowest BCUT2D eigenvalue weighted by molar-refractivity contribution is -0.161. The Kier molecular flexibility index (Phi) is 29.3. The van der Waals surface area contributed by atoms with Crippen LogP contribution in [0.4, 0.5) is 0 Å². The monoisotopic (exact) mass is 621 g/mol. The fourth-order valence-corrected chi connectivity index (χ4v) is 5.46. The molecule has 0 aromatic rings. The predicted molar refractivity (Wildman–Crippen MR) is 169 cm³/mol. The third-order valence-corrected chi connectivity index (χ3v) is 8.23. The van der Waals surface area contributed by atoms with Crippen LogP contribution in [-0.2, 0) is 32.7 Å². The fraction of sp³-hybridized carbons (Fsp3) is 0.938. The largest absolute Gasteiger partial charge is 0.472 e. The van der Waals surface area contributed by atoms with Crippen LogP contribution in [-0.4, -0.2) is 49.3 Å². The van der Waals surface area contributed by atoms with E-state index in [1.54, 1.807) is 0 Å². The zero-order valence-corrected chi connectivity index (χ0v) is 27.9. The number of nitrogens with two attached hydrogens (primary N) is 1. The van der Waals surface area contributed by atoms with Gasteiger partial charge in [0.15, 0.2) is 6.10 Å². The molecule has 0 aliphatic heterocycles. The van der Waals surface area contributed by atoms with Crippen LogP contribution in [0, 0.1) is 0 Å². The Morgan fingerprint density at radius 2 is 1.02 bits per heavy atom. The molecule has 10 heteroatoms. The van der Waals surface area contributed by atoms with Gasteiger partial charge in [0.1, 0.15) is 6.61 Å². The maximum absolute atomic E-state index is 12.4. The Balaban J connectivity index is 4.26. The molecule has 0 heterocycles. The smallest absolute Gasteiger partial charge is 0.462 e. The normalized spacial score (nSPS) is 13.5. The number of hydrogen-bond acceptors (Lipinski definition) is 8. The van der Waals surface area contributed by atoms with Crippen molar-refractivity contribution in [3.05, 3.63) is 0 Å². The molecule has 0 aliphatic rings. The first-order valence-electron chi connectivity index (χ1n) is 17.0. The molecular weight excluding hydrogens is 557 g/mol. The van der Waals surface area contributed by atoms with E-state index in [0.717, 1.165) is 32.1 Å². The molecule has 2 atom stereocenters. The highest BCUT2D eigenvalue weighted by Crippen LogP contribution is 2.43. The summed E-state index contributed by atoms with van der Waals surface area (Å²) in [5.74, 6) is -0.826. The summed E-state index contributed by atoms with van der Waals surface area (Å²) in [4.78, 5) is 34.5. The van der Waals surface area contributed by atoms with Gasteiger partial charge >= 0.3 is 19.8 Å². The van der Waals surface area contributed by atoms with Crippen molar-refractivity contribution in [1.29, 1.82) is 0 Å². The van der Waals surface area contributed by atoms with Crippen molar-refractivity contribution in [2.24, 2.45) is 5.73 Å². The molecule has 0 amide bonds. The highest BCUT2D eigenvalue weighted by Gasteiger charge is 2.25. The molecule has 0 fully saturated rings. The summed E-state index contributed by atoms with van der Waals surface area (Å²) in [6.07, 6.45) is 24.2. The summed E-state index contributed by atoms with van der Waals surface area (Å²) in [6, 6.07) is 0. The first kappa shape index (κ1) is 41.0. The van der Waals surface area contributed by atoms with Crippen molar-refractivity contribution in [3.63, 3.8) is 0 Å². The van der Waals surface area contributed by atoms with Gasteiger partial charge in [-0.15, -0.1) is 0 Å². The first-order chi connectivity index (χ1) is 20.3. The van der Waals surface area contributed by atoms with Crippen molar-refractivity contribution >= 4 is 19.8 Å². The van der Waals surface area contributed by atoms with E-state index in [-0.39, 0.29) is 38.6 Å².